The number of alkyl halides is 1. The Balaban J connectivity index is 0.000000108. The van der Waals surface area contributed by atoms with Crippen LogP contribution in [0.3, 0.4) is 0 Å². The van der Waals surface area contributed by atoms with Crippen LogP contribution in [0.25, 0.3) is 5.65 Å². The van der Waals surface area contributed by atoms with Crippen molar-refractivity contribution >= 4 is 17.3 Å². The van der Waals surface area contributed by atoms with Crippen LogP contribution in [0.5, 0.6) is 0 Å². The van der Waals surface area contributed by atoms with Crippen LogP contribution in [0, 0.1) is 12.3 Å². The molecule has 1 spiro atoms. The average Bonchev–Trinajstić information content (AvgIpc) is 1.38. The standard InChI is InChI=1S/C18H27N3.C17H26N4.C16H24N4.2C16H25N3.C15H22FN3.C10H13N3/c1-12(2)15-10-16(20-17(19-15)14-4-5-14)13(3)21-9-8-18(11-21)6-7-18;1-11(2)15-8-16(19-17(18-15)12-4-5-12)21-13-6-7-14(21)10-20(3)9-13;1-10(2)14-7-15(18-16(17-14)11-4-5-11)20-12-6-13(20)9-19(3)8-12;1-11(2)14-10-15(12(3)19-8-4-5-9-19)18-16(17-14)13-6-7-13;1-12(2)15-10-14(11-19-8-4-3-5-9-19)17-16(18-15)13-6-7-13;1-9(2)13-6-14(10(3)19-7-12(16)8-19)18-15(17-13)11-4-5-11;1-7(2)9-6-8(3)12-10-4-5-11-13(9)10/h10,12-14H,4-9,11H2,1-3H3;8,11-14H,4-7,9-10H2,1-3H3;7,10-13H,4-6,8-9H2,1-3H3;10-13H,4-9H2,1-3H3;10,12-13H,3-9,11H2,1-2H3;6,9-12H,4-5,7-8H2,1-3H3;4-7H,1-3H3. The molecule has 23 nitrogen and oxygen atoms in total. The van der Waals surface area contributed by atoms with E-state index in [1.54, 1.807) is 6.20 Å². The molecule has 716 valence electrons. The minimum Gasteiger partial charge on any atom is -0.348 e. The first-order valence-corrected chi connectivity index (χ1v) is 52.5. The molecule has 23 rings (SSSR count). The summed E-state index contributed by atoms with van der Waals surface area (Å²) in [5.41, 5.74) is 15.9. The summed E-state index contributed by atoms with van der Waals surface area (Å²) in [5, 5.41) is 4.24. The van der Waals surface area contributed by atoms with E-state index >= 15 is 0 Å². The zero-order chi connectivity index (χ0) is 92.7. The second kappa shape index (κ2) is 41.8. The third-order valence-corrected chi connectivity index (χ3v) is 30.7. The second-order valence-corrected chi connectivity index (χ2v) is 45.1. The molecule has 0 amide bonds. The number of anilines is 2. The molecule has 7 unspecified atom stereocenters. The molecule has 24 heteroatoms. The van der Waals surface area contributed by atoms with Crippen LogP contribution in [0.1, 0.15) is 464 Å². The number of aryl methyl sites for hydroxylation is 1. The molecule has 7 aliphatic carbocycles. The number of halogens is 1. The van der Waals surface area contributed by atoms with E-state index in [2.05, 4.69) is 224 Å². The van der Waals surface area contributed by atoms with Gasteiger partial charge in [-0.3, -0.25) is 19.6 Å². The Morgan fingerprint density at radius 1 is 0.348 bits per heavy atom. The highest BCUT2D eigenvalue weighted by molar-refractivity contribution is 5.50. The zero-order valence-corrected chi connectivity index (χ0v) is 84.4. The Morgan fingerprint density at radius 2 is 0.712 bits per heavy atom. The van der Waals surface area contributed by atoms with E-state index in [-0.39, 0.29) is 6.04 Å². The molecule has 15 aliphatic rings. The van der Waals surface area contributed by atoms with Gasteiger partial charge in [0.15, 0.2) is 5.65 Å². The topological polar surface area (TPSA) is 211 Å². The highest BCUT2D eigenvalue weighted by Gasteiger charge is 2.50. The summed E-state index contributed by atoms with van der Waals surface area (Å²) < 4.78 is 14.9. The molecule has 0 aromatic carbocycles. The normalized spacial score (nSPS) is 23.8. The maximum Gasteiger partial charge on any atom is 0.155 e. The molecule has 8 aromatic heterocycles. The first kappa shape index (κ1) is 96.1. The third-order valence-electron chi connectivity index (χ3n) is 30.7. The summed E-state index contributed by atoms with van der Waals surface area (Å²) in [5.74, 6) is 16.0. The lowest BCUT2D eigenvalue weighted by atomic mass is 9.87. The van der Waals surface area contributed by atoms with Gasteiger partial charge in [0.2, 0.25) is 0 Å². The van der Waals surface area contributed by atoms with Crippen molar-refractivity contribution in [3.63, 3.8) is 0 Å². The summed E-state index contributed by atoms with van der Waals surface area (Å²) in [6, 6.07) is 21.1. The second-order valence-electron chi connectivity index (χ2n) is 45.1. The largest absolute Gasteiger partial charge is 0.348 e. The fourth-order valence-electron chi connectivity index (χ4n) is 20.8. The summed E-state index contributed by atoms with van der Waals surface area (Å²) in [6.45, 7) is 54.0. The fraction of sp³-hybridized carbons (Fsp3) is 0.722. The summed E-state index contributed by atoms with van der Waals surface area (Å²) >= 11 is 0. The van der Waals surface area contributed by atoms with E-state index in [9.17, 15) is 4.39 Å². The summed E-state index contributed by atoms with van der Waals surface area (Å²) in [4.78, 5) is 82.3. The number of hydrogen-bond acceptors (Lipinski definition) is 22. The Labute approximate surface area is 791 Å². The number of aromatic nitrogens is 15. The average molecular weight is 1800 g/mol. The number of rotatable bonds is 23. The molecule has 0 N–H and O–H groups in total. The minimum absolute atomic E-state index is 0.199. The maximum atomic E-state index is 13.0. The lowest BCUT2D eigenvalue weighted by molar-refractivity contribution is 0.0315. The molecular formula is C108H162FN23. The number of nitrogens with zero attached hydrogens (tertiary/aromatic N) is 23. The lowest BCUT2D eigenvalue weighted by Crippen LogP contribution is -2.68. The van der Waals surface area contributed by atoms with E-state index in [1.165, 1.54) is 276 Å². The molecular weight excluding hydrogens is 1640 g/mol. The molecule has 4 bridgehead atoms. The van der Waals surface area contributed by atoms with Gasteiger partial charge in [-0.1, -0.05) is 103 Å². The van der Waals surface area contributed by atoms with Gasteiger partial charge < -0.3 is 19.6 Å². The predicted molar refractivity (Wildman–Crippen MR) is 529 cm³/mol. The van der Waals surface area contributed by atoms with Gasteiger partial charge in [-0.05, 0) is 293 Å². The van der Waals surface area contributed by atoms with Crippen LogP contribution in [0.2, 0.25) is 0 Å². The van der Waals surface area contributed by atoms with Crippen molar-refractivity contribution in [2.75, 3.05) is 102 Å². The van der Waals surface area contributed by atoms with Crippen LogP contribution in [-0.2, 0) is 6.54 Å². The molecule has 16 heterocycles. The van der Waals surface area contributed by atoms with Crippen LogP contribution < -0.4 is 9.80 Å². The number of piperidine rings is 2. The molecule has 0 radical (unpaired) electrons. The van der Waals surface area contributed by atoms with Crippen molar-refractivity contribution in [1.82, 2.24) is 104 Å². The molecule has 132 heavy (non-hydrogen) atoms. The van der Waals surface area contributed by atoms with Crippen LogP contribution in [-0.4, -0.2) is 227 Å². The van der Waals surface area contributed by atoms with Crippen molar-refractivity contribution in [2.45, 2.75) is 404 Å². The molecule has 7 saturated carbocycles. The van der Waals surface area contributed by atoms with Crippen molar-refractivity contribution in [1.29, 1.82) is 0 Å². The Kier molecular flexibility index (Phi) is 30.4. The fourth-order valence-corrected chi connectivity index (χ4v) is 20.8. The number of likely N-dealkylation sites (N-methyl/N-ethyl adjacent to an activating group) is 2. The predicted octanol–water partition coefficient (Wildman–Crippen LogP) is 21.6. The van der Waals surface area contributed by atoms with Gasteiger partial charge in [-0.15, -0.1) is 0 Å². The van der Waals surface area contributed by atoms with Crippen molar-refractivity contribution < 1.29 is 4.39 Å². The Hall–Kier alpha value is -7.61. The van der Waals surface area contributed by atoms with E-state index in [4.69, 9.17) is 59.8 Å². The van der Waals surface area contributed by atoms with E-state index in [1.807, 2.05) is 17.5 Å². The number of hydrogen-bond donors (Lipinski definition) is 0. The van der Waals surface area contributed by atoms with Crippen molar-refractivity contribution in [3.8, 4) is 0 Å². The van der Waals surface area contributed by atoms with Gasteiger partial charge >= 0.3 is 0 Å². The SMILES string of the molecule is CC(C)c1cc(C(C)N2CC(F)C2)nc(C2CC2)n1.CC(C)c1cc(C(C)N2CCC3(CC3)C2)nc(C2CC2)n1.CC(C)c1cc(C(C)N2CCCC2)nc(C2CC2)n1.CC(C)c1cc(CN2CCCCC2)nc(C2CC2)n1.CC(C)c1cc(N2C3CC2CN(C)C3)nc(C2CC2)n1.CC(C)c1cc(N2C3CCC2CN(C)C3)nc(C2CC2)n1.Cc1cc(C(C)C)n2nccc2n1. The van der Waals surface area contributed by atoms with Gasteiger partial charge in [0, 0.05) is 194 Å². The molecule has 15 fully saturated rings. The Morgan fingerprint density at radius 3 is 1.11 bits per heavy atom. The quantitative estimate of drug-likeness (QED) is 0.0582. The first-order valence-electron chi connectivity index (χ1n) is 52.5. The molecule has 8 saturated heterocycles. The molecule has 7 atom stereocenters. The van der Waals surface area contributed by atoms with Gasteiger partial charge in [-0.2, -0.15) is 5.10 Å². The lowest BCUT2D eigenvalue weighted by Gasteiger charge is -2.56. The van der Waals surface area contributed by atoms with Crippen molar-refractivity contribution in [3.05, 3.63) is 158 Å². The van der Waals surface area contributed by atoms with Crippen molar-refractivity contribution in [2.24, 2.45) is 5.41 Å². The summed E-state index contributed by atoms with van der Waals surface area (Å²) in [7, 11) is 4.48. The van der Waals surface area contributed by atoms with Crippen LogP contribution >= 0.6 is 0 Å². The van der Waals surface area contributed by atoms with Gasteiger partial charge in [0.25, 0.3) is 0 Å². The number of piperazine rings is 2. The van der Waals surface area contributed by atoms with E-state index in [0.29, 0.717) is 132 Å². The number of likely N-dealkylation sites (tertiary alicyclic amines) is 6. The maximum absolute atomic E-state index is 13.0. The molecule has 8 aromatic rings. The third kappa shape index (κ3) is 24.3. The van der Waals surface area contributed by atoms with Gasteiger partial charge in [0.05, 0.1) is 29.0 Å². The van der Waals surface area contributed by atoms with E-state index in [0.717, 1.165) is 64.2 Å². The smallest absolute Gasteiger partial charge is 0.155 e. The number of fused-ring (bicyclic) bond motifs is 5. The molecule has 8 aliphatic heterocycles. The summed E-state index contributed by atoms with van der Waals surface area (Å²) in [6.07, 6.45) is 31.3. The van der Waals surface area contributed by atoms with Crippen LogP contribution in [0.4, 0.5) is 16.0 Å². The van der Waals surface area contributed by atoms with Gasteiger partial charge in [0.1, 0.15) is 52.8 Å². The van der Waals surface area contributed by atoms with Crippen LogP contribution in [0.15, 0.2) is 54.7 Å². The highest BCUT2D eigenvalue weighted by Crippen LogP contribution is 2.55. The van der Waals surface area contributed by atoms with Gasteiger partial charge in [-0.25, -0.2) is 73.7 Å². The highest BCUT2D eigenvalue weighted by atomic mass is 19.1. The zero-order valence-electron chi connectivity index (χ0n) is 84.4. The van der Waals surface area contributed by atoms with E-state index < -0.39 is 6.17 Å². The Bertz CT molecular complexity index is 5000. The monoisotopic (exact) mass is 1800 g/mol. The minimum atomic E-state index is -0.656. The first-order chi connectivity index (χ1) is 63.4.